The van der Waals surface area contributed by atoms with Crippen LogP contribution in [0.3, 0.4) is 0 Å². The van der Waals surface area contributed by atoms with E-state index in [-0.39, 0.29) is 17.5 Å². The lowest BCUT2D eigenvalue weighted by Gasteiger charge is -2.44. The van der Waals surface area contributed by atoms with Gasteiger partial charge in [-0.15, -0.1) is 0 Å². The molecule has 1 spiro atoms. The highest BCUT2D eigenvalue weighted by Gasteiger charge is 2.46. The predicted octanol–water partition coefficient (Wildman–Crippen LogP) is 9.77. The summed E-state index contributed by atoms with van der Waals surface area (Å²) in [7, 11) is 1.61. The lowest BCUT2D eigenvalue weighted by molar-refractivity contribution is -0.129. The first kappa shape index (κ1) is 48.0. The number of carbonyl (C=O) groups is 1. The van der Waals surface area contributed by atoms with E-state index in [2.05, 4.69) is 71.4 Å². The van der Waals surface area contributed by atoms with Crippen LogP contribution in [0.4, 0.5) is 37.3 Å². The number of aliphatic imine (C=N–C) groups is 1. The maximum atomic E-state index is 14.7. The summed E-state index contributed by atoms with van der Waals surface area (Å²) in [5.41, 5.74) is 15.3. The monoisotopic (exact) mass is 972 g/mol. The van der Waals surface area contributed by atoms with Crippen LogP contribution in [0.5, 0.6) is 0 Å². The van der Waals surface area contributed by atoms with E-state index in [9.17, 15) is 18.8 Å². The molecule has 3 aromatic carbocycles. The number of piperidine rings is 3. The van der Waals surface area contributed by atoms with Gasteiger partial charge in [-0.3, -0.25) is 14.5 Å². The first-order valence-corrected chi connectivity index (χ1v) is 26.1. The minimum atomic E-state index is -2.70. The fraction of sp³-hybridized carbons (Fsp3) is 0.527. The van der Waals surface area contributed by atoms with Crippen LogP contribution in [0.1, 0.15) is 111 Å². The molecule has 1 amide bonds. The number of hydrogen-bond donors (Lipinski definition) is 1. The molecular weight excluding hydrogens is 904 g/mol. The molecule has 6 aliphatic rings. The van der Waals surface area contributed by atoms with E-state index in [0.29, 0.717) is 58.7 Å². The summed E-state index contributed by atoms with van der Waals surface area (Å²) in [5.74, 6) is 1.50. The normalized spacial score (nSPS) is 21.5. The number of aryl methyl sites for hydroxylation is 1. The fourth-order valence-electron chi connectivity index (χ4n) is 12.9. The summed E-state index contributed by atoms with van der Waals surface area (Å²) in [5, 5.41) is 15.3. The van der Waals surface area contributed by atoms with Crippen molar-refractivity contribution in [3.05, 3.63) is 99.3 Å². The number of anilines is 5. The maximum Gasteiger partial charge on any atom is 0.264 e. The van der Waals surface area contributed by atoms with E-state index in [1.54, 1.807) is 20.0 Å². The second-order valence-electron chi connectivity index (χ2n) is 20.7. The number of aromatic nitrogens is 2. The van der Waals surface area contributed by atoms with Gasteiger partial charge in [0.1, 0.15) is 6.07 Å². The highest BCUT2D eigenvalue weighted by atomic mass is 35.5. The number of nitrogens with two attached hydrogens (primary N) is 1. The highest BCUT2D eigenvalue weighted by molar-refractivity contribution is 6.32. The van der Waals surface area contributed by atoms with Crippen molar-refractivity contribution in [3.8, 4) is 6.07 Å². The fourth-order valence-corrected chi connectivity index (χ4v) is 13.1. The van der Waals surface area contributed by atoms with Gasteiger partial charge >= 0.3 is 0 Å². The van der Waals surface area contributed by atoms with Gasteiger partial charge < -0.3 is 35.1 Å². The average molecular weight is 973 g/mol. The second kappa shape index (κ2) is 20.2. The van der Waals surface area contributed by atoms with E-state index < -0.39 is 6.43 Å². The number of amides is 1. The number of hydrogen-bond acceptors (Lipinski definition) is 10. The molecule has 0 bridgehead atoms. The topological polar surface area (TPSA) is 116 Å². The summed E-state index contributed by atoms with van der Waals surface area (Å²) in [6.07, 6.45) is 10.4. The summed E-state index contributed by atoms with van der Waals surface area (Å²) in [4.78, 5) is 31.1. The van der Waals surface area contributed by atoms with Crippen molar-refractivity contribution in [1.82, 2.24) is 19.6 Å². The molecule has 10 rings (SSSR count). The van der Waals surface area contributed by atoms with E-state index >= 15 is 0 Å². The molecule has 15 heteroatoms. The van der Waals surface area contributed by atoms with Gasteiger partial charge in [-0.1, -0.05) is 11.6 Å². The van der Waals surface area contributed by atoms with Gasteiger partial charge in [0.25, 0.3) is 6.43 Å². The number of carbonyl (C=O) groups excluding carboxylic acids is 1. The Morgan fingerprint density at radius 2 is 1.60 bits per heavy atom. The molecule has 6 aliphatic heterocycles. The first-order valence-electron chi connectivity index (χ1n) is 25.7. The molecule has 0 saturated carbocycles. The Hall–Kier alpha value is -5.65. The first-order chi connectivity index (χ1) is 34.0. The number of likely N-dealkylation sites (tertiary alicyclic amines) is 1. The minimum Gasteiger partial charge on any atom is -0.404 e. The summed E-state index contributed by atoms with van der Waals surface area (Å²) in [6, 6.07) is 21.5. The lowest BCUT2D eigenvalue weighted by atomic mass is 9.73. The van der Waals surface area contributed by atoms with E-state index in [4.69, 9.17) is 22.4 Å². The molecule has 7 heterocycles. The zero-order valence-corrected chi connectivity index (χ0v) is 41.9. The quantitative estimate of drug-likeness (QED) is 0.155. The van der Waals surface area contributed by atoms with Crippen LogP contribution in [0.2, 0.25) is 5.02 Å². The number of nitrogens with zero attached hydrogens (tertiary/aromatic N) is 10. The van der Waals surface area contributed by atoms with Crippen LogP contribution in [0.15, 0.2) is 65.8 Å². The molecule has 70 heavy (non-hydrogen) atoms. The number of rotatable bonds is 10. The Bertz CT molecular complexity index is 2650. The Morgan fingerprint density at radius 3 is 2.24 bits per heavy atom. The van der Waals surface area contributed by atoms with Crippen LogP contribution in [0, 0.1) is 22.7 Å². The minimum absolute atomic E-state index is 0.0340. The molecule has 4 aromatic rings. The predicted molar refractivity (Wildman–Crippen MR) is 278 cm³/mol. The van der Waals surface area contributed by atoms with Crippen molar-refractivity contribution >= 4 is 57.9 Å². The number of allylic oxidation sites excluding steroid dienone is 1. The molecule has 0 aliphatic carbocycles. The molecule has 0 radical (unpaired) electrons. The number of nitriles is 1. The molecular formula is C55H68ClF2N11O. The van der Waals surface area contributed by atoms with Crippen LogP contribution in [-0.2, 0) is 24.2 Å². The zero-order valence-electron chi connectivity index (χ0n) is 41.1. The molecule has 12 nitrogen and oxygen atoms in total. The summed E-state index contributed by atoms with van der Waals surface area (Å²) < 4.78 is 31.8. The van der Waals surface area contributed by atoms with Crippen molar-refractivity contribution in [2.24, 2.45) is 22.1 Å². The largest absolute Gasteiger partial charge is 0.404 e. The summed E-state index contributed by atoms with van der Waals surface area (Å²) >= 11 is 6.43. The van der Waals surface area contributed by atoms with Gasteiger partial charge in [-0.2, -0.15) is 10.4 Å². The van der Waals surface area contributed by atoms with E-state index in [1.807, 2.05) is 29.2 Å². The van der Waals surface area contributed by atoms with Crippen molar-refractivity contribution in [2.75, 3.05) is 92.1 Å². The average Bonchev–Trinajstić information content (AvgIpc) is 3.92. The van der Waals surface area contributed by atoms with Crippen molar-refractivity contribution < 1.29 is 13.6 Å². The third-order valence-corrected chi connectivity index (χ3v) is 17.4. The number of benzene rings is 3. The van der Waals surface area contributed by atoms with Crippen LogP contribution in [-0.4, -0.2) is 110 Å². The molecule has 4 fully saturated rings. The second-order valence-corrected chi connectivity index (χ2v) is 21.1. The van der Waals surface area contributed by atoms with Gasteiger partial charge in [0.15, 0.2) is 5.82 Å². The molecule has 1 atom stereocenters. The molecule has 4 saturated heterocycles. The number of alkyl halides is 2. The van der Waals surface area contributed by atoms with Gasteiger partial charge in [-0.05, 0) is 142 Å². The van der Waals surface area contributed by atoms with Gasteiger partial charge in [-0.25, -0.2) is 8.78 Å². The van der Waals surface area contributed by atoms with Gasteiger partial charge in [0.2, 0.25) is 5.91 Å². The standard InChI is InChI=1S/C55H68ClF2N11O/c1-37-55(19-28-67(37)46-7-6-41(32-59)50(56)30-46)17-26-65(27-18-55)44-10-8-43(9-11-44)64-23-12-39(13-24-64)35-63-21-14-45(15-22-63)69-51-16-25-66(38(2)70)36-49(51)54(62-69)68-20-4-5-40-29-47(42(33-60)34-61-3)48(53(57)58)31-52(40)68/h6-11,29-31,33-34,37,39,45,53H,4-5,12-28,35-36,60H2,1-3H3/b42-33+,61-34?. The van der Waals surface area contributed by atoms with E-state index in [1.165, 1.54) is 61.6 Å². The Balaban J connectivity index is 0.740. The Labute approximate surface area is 417 Å². The molecule has 1 unspecified atom stereocenters. The van der Waals surface area contributed by atoms with Crippen molar-refractivity contribution in [1.29, 1.82) is 5.26 Å². The van der Waals surface area contributed by atoms with Crippen molar-refractivity contribution in [2.45, 2.75) is 103 Å². The van der Waals surface area contributed by atoms with Crippen LogP contribution in [0.25, 0.3) is 5.57 Å². The Morgan fingerprint density at radius 1 is 0.914 bits per heavy atom. The number of halogens is 3. The van der Waals surface area contributed by atoms with Gasteiger partial charge in [0, 0.05) is 149 Å². The number of fused-ring (bicyclic) bond motifs is 2. The van der Waals surface area contributed by atoms with E-state index in [0.717, 1.165) is 113 Å². The smallest absolute Gasteiger partial charge is 0.264 e. The zero-order chi connectivity index (χ0) is 48.7. The summed E-state index contributed by atoms with van der Waals surface area (Å²) in [6.45, 7) is 14.2. The SMILES string of the molecule is CN=C/C(=C\N)c1cc2c(cc1C(F)F)N(c1nn(C3CCN(CC4CCN(c5ccc(N6CCC7(CC6)CCN(c6ccc(C#N)c(Cl)c6)C7C)cc5)CC4)CC3)c3c1CN(C(C)=O)CC3)CCC2. The maximum absolute atomic E-state index is 14.7. The van der Waals surface area contributed by atoms with Gasteiger partial charge in [0.05, 0.1) is 23.2 Å². The third-order valence-electron chi connectivity index (χ3n) is 17.1. The highest BCUT2D eigenvalue weighted by Crippen LogP contribution is 2.48. The lowest BCUT2D eigenvalue weighted by Crippen LogP contribution is -2.46. The van der Waals surface area contributed by atoms with Crippen LogP contribution < -0.4 is 25.3 Å². The Kier molecular flexibility index (Phi) is 13.9. The molecule has 2 N–H and O–H groups in total. The van der Waals surface area contributed by atoms with Crippen molar-refractivity contribution in [3.63, 3.8) is 0 Å². The molecule has 370 valence electrons. The molecule has 1 aromatic heterocycles. The van der Waals surface area contributed by atoms with Crippen LogP contribution >= 0.6 is 11.6 Å². The third kappa shape index (κ3) is 9.24.